The Morgan fingerprint density at radius 1 is 1.28 bits per heavy atom. The number of methoxy groups -OCH3 is 1. The molecular weight excluding hydrogens is 414 g/mol. The number of anilines is 1. The first-order chi connectivity index (χ1) is 13.9. The lowest BCUT2D eigenvalue weighted by Crippen LogP contribution is -2.54. The fourth-order valence-electron chi connectivity index (χ4n) is 4.18. The average molecular weight is 444 g/mol. The smallest absolute Gasteiger partial charge is 0.238 e. The molecule has 29 heavy (non-hydrogen) atoms. The quantitative estimate of drug-likeness (QED) is 0.700. The second-order valence-corrected chi connectivity index (χ2v) is 10.2. The molecule has 1 aromatic carbocycles. The molecule has 0 aromatic heterocycles. The van der Waals surface area contributed by atoms with Crippen molar-refractivity contribution in [2.75, 3.05) is 37.4 Å². The van der Waals surface area contributed by atoms with Crippen molar-refractivity contribution in [2.24, 2.45) is 0 Å². The molecule has 0 spiro atoms. The molecule has 0 saturated carbocycles. The molecule has 3 rings (SSSR count). The molecule has 2 heterocycles. The number of rotatable bonds is 7. The Balaban J connectivity index is 1.66. The van der Waals surface area contributed by atoms with Gasteiger partial charge in [0.05, 0.1) is 18.6 Å². The van der Waals surface area contributed by atoms with Gasteiger partial charge in [-0.2, -0.15) is 4.31 Å². The van der Waals surface area contributed by atoms with Crippen LogP contribution in [0.15, 0.2) is 18.2 Å². The van der Waals surface area contributed by atoms with Gasteiger partial charge in [-0.1, -0.05) is 24.9 Å². The van der Waals surface area contributed by atoms with Gasteiger partial charge in [-0.3, -0.25) is 4.79 Å². The Morgan fingerprint density at radius 3 is 2.79 bits per heavy atom. The number of benzene rings is 1. The van der Waals surface area contributed by atoms with Crippen LogP contribution >= 0.6 is 11.6 Å². The minimum atomic E-state index is -3.40. The molecule has 1 aromatic rings. The first-order valence-electron chi connectivity index (χ1n) is 10.2. The van der Waals surface area contributed by atoms with Crippen LogP contribution in [0.1, 0.15) is 39.0 Å². The average Bonchev–Trinajstić information content (AvgIpc) is 3.16. The monoisotopic (exact) mass is 443 g/mol. The summed E-state index contributed by atoms with van der Waals surface area (Å²) in [4.78, 5) is 15.1. The van der Waals surface area contributed by atoms with Gasteiger partial charge in [0.15, 0.2) is 0 Å². The Kier molecular flexibility index (Phi) is 7.29. The van der Waals surface area contributed by atoms with Crippen LogP contribution in [0.2, 0.25) is 5.02 Å². The van der Waals surface area contributed by atoms with Gasteiger partial charge in [0, 0.05) is 30.7 Å². The lowest BCUT2D eigenvalue weighted by Gasteiger charge is -2.34. The molecular formula is C20H30ClN3O4S. The van der Waals surface area contributed by atoms with Gasteiger partial charge < -0.3 is 15.0 Å². The predicted molar refractivity (Wildman–Crippen MR) is 115 cm³/mol. The summed E-state index contributed by atoms with van der Waals surface area (Å²) in [5, 5.41) is 3.72. The van der Waals surface area contributed by atoms with Gasteiger partial charge in [-0.05, 0) is 43.9 Å². The topological polar surface area (TPSA) is 79.0 Å². The fourth-order valence-corrected chi connectivity index (χ4v) is 6.09. The van der Waals surface area contributed by atoms with E-state index in [4.69, 9.17) is 16.3 Å². The third-order valence-electron chi connectivity index (χ3n) is 5.59. The molecule has 2 unspecified atom stereocenters. The van der Waals surface area contributed by atoms with Crippen molar-refractivity contribution in [1.29, 1.82) is 0 Å². The van der Waals surface area contributed by atoms with E-state index in [2.05, 4.69) is 10.2 Å². The molecule has 2 aliphatic rings. The van der Waals surface area contributed by atoms with Gasteiger partial charge in [0.1, 0.15) is 11.8 Å². The highest BCUT2D eigenvalue weighted by atomic mass is 35.5. The number of halogens is 1. The SMILES string of the molecule is CCCS(=O)(=O)N1CCCCC1C(=O)NC1CCN(c2cc(Cl)ccc2OC)C1. The Hall–Kier alpha value is -1.51. The van der Waals surface area contributed by atoms with E-state index in [1.165, 1.54) is 4.31 Å². The van der Waals surface area contributed by atoms with Crippen molar-refractivity contribution in [3.8, 4) is 5.75 Å². The van der Waals surface area contributed by atoms with E-state index >= 15 is 0 Å². The van der Waals surface area contributed by atoms with Crippen molar-refractivity contribution in [1.82, 2.24) is 9.62 Å². The highest BCUT2D eigenvalue weighted by molar-refractivity contribution is 7.89. The summed E-state index contributed by atoms with van der Waals surface area (Å²) in [5.74, 6) is 0.641. The summed E-state index contributed by atoms with van der Waals surface area (Å²) < 4.78 is 32.0. The highest BCUT2D eigenvalue weighted by Crippen LogP contribution is 2.33. The number of nitrogens with zero attached hydrogens (tertiary/aromatic N) is 2. The van der Waals surface area contributed by atoms with Crippen LogP contribution in [0.5, 0.6) is 5.75 Å². The molecule has 2 fully saturated rings. The maximum absolute atomic E-state index is 13.0. The first kappa shape index (κ1) is 22.2. The van der Waals surface area contributed by atoms with Crippen LogP contribution in [0.3, 0.4) is 0 Å². The van der Waals surface area contributed by atoms with Gasteiger partial charge in [-0.25, -0.2) is 8.42 Å². The zero-order valence-electron chi connectivity index (χ0n) is 17.1. The molecule has 0 radical (unpaired) electrons. The van der Waals surface area contributed by atoms with Gasteiger partial charge in [0.25, 0.3) is 0 Å². The molecule has 2 atom stereocenters. The first-order valence-corrected chi connectivity index (χ1v) is 12.2. The van der Waals surface area contributed by atoms with E-state index in [1.54, 1.807) is 13.2 Å². The standard InChI is InChI=1S/C20H30ClN3O4S/c1-3-12-29(26,27)24-10-5-4-6-17(24)20(25)22-16-9-11-23(14-16)18-13-15(21)7-8-19(18)28-2/h7-8,13,16-17H,3-6,9-12,14H2,1-2H3,(H,22,25). The fraction of sp³-hybridized carbons (Fsp3) is 0.650. The summed E-state index contributed by atoms with van der Waals surface area (Å²) in [7, 11) is -1.78. The van der Waals surface area contributed by atoms with Gasteiger partial charge >= 0.3 is 0 Å². The molecule has 162 valence electrons. The highest BCUT2D eigenvalue weighted by Gasteiger charge is 2.37. The number of sulfonamides is 1. The van der Waals surface area contributed by atoms with Gasteiger partial charge in [0.2, 0.25) is 15.9 Å². The number of piperidine rings is 1. The summed E-state index contributed by atoms with van der Waals surface area (Å²) in [6.45, 7) is 3.67. The van der Waals surface area contributed by atoms with E-state index in [0.717, 1.165) is 37.2 Å². The van der Waals surface area contributed by atoms with Crippen LogP contribution in [0, 0.1) is 0 Å². The van der Waals surface area contributed by atoms with Crippen LogP contribution < -0.4 is 15.0 Å². The molecule has 7 nitrogen and oxygen atoms in total. The van der Waals surface area contributed by atoms with Crippen LogP contribution in [-0.4, -0.2) is 63.2 Å². The van der Waals surface area contributed by atoms with E-state index in [-0.39, 0.29) is 17.7 Å². The van der Waals surface area contributed by atoms with Crippen molar-refractivity contribution < 1.29 is 17.9 Å². The minimum Gasteiger partial charge on any atom is -0.495 e. The molecule has 0 bridgehead atoms. The lowest BCUT2D eigenvalue weighted by molar-refractivity contribution is -0.126. The lowest BCUT2D eigenvalue weighted by atomic mass is 10.0. The zero-order valence-corrected chi connectivity index (χ0v) is 18.6. The number of carbonyl (C=O) groups excluding carboxylic acids is 1. The Morgan fingerprint density at radius 2 is 2.07 bits per heavy atom. The summed E-state index contributed by atoms with van der Waals surface area (Å²) in [5.41, 5.74) is 0.904. The molecule has 2 aliphatic heterocycles. The second kappa shape index (κ2) is 9.53. The number of hydrogen-bond donors (Lipinski definition) is 1. The van der Waals surface area contributed by atoms with Crippen LogP contribution in [0.4, 0.5) is 5.69 Å². The van der Waals surface area contributed by atoms with E-state index in [0.29, 0.717) is 31.0 Å². The van der Waals surface area contributed by atoms with E-state index < -0.39 is 16.1 Å². The number of ether oxygens (including phenoxy) is 1. The van der Waals surface area contributed by atoms with Crippen LogP contribution in [0.25, 0.3) is 0 Å². The third kappa shape index (κ3) is 5.16. The number of nitrogens with one attached hydrogen (secondary N) is 1. The zero-order chi connectivity index (χ0) is 21.0. The Bertz CT molecular complexity index is 833. The normalized spacial score (nSPS) is 23.2. The van der Waals surface area contributed by atoms with Crippen molar-refractivity contribution in [2.45, 2.75) is 51.1 Å². The maximum atomic E-state index is 13.0. The van der Waals surface area contributed by atoms with E-state index in [1.807, 2.05) is 19.1 Å². The van der Waals surface area contributed by atoms with Crippen molar-refractivity contribution in [3.05, 3.63) is 23.2 Å². The number of hydrogen-bond acceptors (Lipinski definition) is 5. The molecule has 0 aliphatic carbocycles. The molecule has 1 amide bonds. The van der Waals surface area contributed by atoms with E-state index in [9.17, 15) is 13.2 Å². The van der Waals surface area contributed by atoms with Crippen molar-refractivity contribution in [3.63, 3.8) is 0 Å². The third-order valence-corrected chi connectivity index (χ3v) is 7.90. The summed E-state index contributed by atoms with van der Waals surface area (Å²) in [6.07, 6.45) is 3.58. The molecule has 2 saturated heterocycles. The predicted octanol–water partition coefficient (Wildman–Crippen LogP) is 2.64. The summed E-state index contributed by atoms with van der Waals surface area (Å²) >= 11 is 6.14. The summed E-state index contributed by atoms with van der Waals surface area (Å²) in [6, 6.07) is 4.85. The Labute approximate surface area is 178 Å². The minimum absolute atomic E-state index is 0.0381. The largest absolute Gasteiger partial charge is 0.495 e. The second-order valence-electron chi connectivity index (χ2n) is 7.69. The van der Waals surface area contributed by atoms with Crippen molar-refractivity contribution >= 4 is 33.2 Å². The van der Waals surface area contributed by atoms with Crippen LogP contribution in [-0.2, 0) is 14.8 Å². The van der Waals surface area contributed by atoms with Gasteiger partial charge in [-0.15, -0.1) is 0 Å². The maximum Gasteiger partial charge on any atom is 0.238 e. The number of amides is 1. The molecule has 9 heteroatoms. The molecule has 1 N–H and O–H groups in total. The number of carbonyl (C=O) groups is 1.